The third-order valence-corrected chi connectivity index (χ3v) is 4.46. The van der Waals surface area contributed by atoms with E-state index in [1.807, 2.05) is 31.2 Å². The molecule has 0 N–H and O–H groups in total. The predicted octanol–water partition coefficient (Wildman–Crippen LogP) is 2.38. The Morgan fingerprint density at radius 2 is 2.12 bits per heavy atom. The number of para-hydroxylation sites is 1. The lowest BCUT2D eigenvalue weighted by atomic mass is 10.1. The summed E-state index contributed by atoms with van der Waals surface area (Å²) in [5, 5.41) is 4.14. The molecule has 7 heteroatoms. The van der Waals surface area contributed by atoms with Gasteiger partial charge >= 0.3 is 5.76 Å². The average Bonchev–Trinajstić information content (AvgIpc) is 3.24. The summed E-state index contributed by atoms with van der Waals surface area (Å²) in [6.45, 7) is 3.57. The molecule has 1 unspecified atom stereocenters. The zero-order valence-corrected chi connectivity index (χ0v) is 13.9. The molecule has 128 valence electrons. The Hall–Kier alpha value is -3.09. The molecule has 0 radical (unpaired) electrons. The number of aryl methyl sites for hydroxylation is 1. The summed E-state index contributed by atoms with van der Waals surface area (Å²) >= 11 is 0. The first-order chi connectivity index (χ1) is 12.0. The lowest BCUT2D eigenvalue weighted by molar-refractivity contribution is -0.119. The minimum atomic E-state index is -0.663. The molecule has 25 heavy (non-hydrogen) atoms. The van der Waals surface area contributed by atoms with E-state index < -0.39 is 5.76 Å². The first-order valence-corrected chi connectivity index (χ1v) is 8.07. The zero-order valence-electron chi connectivity index (χ0n) is 13.9. The number of carbonyl (C=O) groups is 1. The molecule has 1 atom stereocenters. The van der Waals surface area contributed by atoms with Gasteiger partial charge in [0.2, 0.25) is 5.91 Å². The van der Waals surface area contributed by atoms with Crippen LogP contribution in [0.25, 0.3) is 11.5 Å². The van der Waals surface area contributed by atoms with Gasteiger partial charge in [0, 0.05) is 11.7 Å². The molecular formula is C18H17N3O4. The molecule has 4 rings (SSSR count). The van der Waals surface area contributed by atoms with Crippen molar-refractivity contribution in [3.8, 4) is 11.5 Å². The van der Waals surface area contributed by atoms with Gasteiger partial charge in [-0.25, -0.2) is 4.79 Å². The number of hydrogen-bond donors (Lipinski definition) is 0. The number of hydrogen-bond acceptors (Lipinski definition) is 5. The molecule has 1 aromatic carbocycles. The second kappa shape index (κ2) is 5.77. The van der Waals surface area contributed by atoms with Crippen LogP contribution in [0.5, 0.6) is 0 Å². The quantitative estimate of drug-likeness (QED) is 0.732. The van der Waals surface area contributed by atoms with Gasteiger partial charge in [-0.2, -0.15) is 4.68 Å². The lowest BCUT2D eigenvalue weighted by Crippen LogP contribution is -2.39. The van der Waals surface area contributed by atoms with Crippen molar-refractivity contribution in [3.05, 3.63) is 58.5 Å². The molecule has 0 saturated heterocycles. The number of fused-ring (bicyclic) bond motifs is 1. The SMILES string of the molecule is Cc1occc1-c1nn(CC(=O)N2c3ccccc3CC2C)c(=O)o1. The van der Waals surface area contributed by atoms with Gasteiger partial charge in [-0.3, -0.25) is 4.79 Å². The van der Waals surface area contributed by atoms with E-state index >= 15 is 0 Å². The van der Waals surface area contributed by atoms with E-state index in [4.69, 9.17) is 8.83 Å². The van der Waals surface area contributed by atoms with E-state index in [0.29, 0.717) is 11.3 Å². The molecule has 2 aromatic heterocycles. The minimum absolute atomic E-state index is 0.0445. The summed E-state index contributed by atoms with van der Waals surface area (Å²) in [6.07, 6.45) is 2.30. The second-order valence-corrected chi connectivity index (χ2v) is 6.17. The first kappa shape index (κ1) is 15.4. The van der Waals surface area contributed by atoms with Crippen LogP contribution in [-0.4, -0.2) is 21.7 Å². The number of carbonyl (C=O) groups excluding carboxylic acids is 1. The Morgan fingerprint density at radius 1 is 1.32 bits per heavy atom. The maximum atomic E-state index is 12.8. The summed E-state index contributed by atoms with van der Waals surface area (Å²) in [4.78, 5) is 26.5. The summed E-state index contributed by atoms with van der Waals surface area (Å²) < 4.78 is 11.4. The first-order valence-electron chi connectivity index (χ1n) is 8.07. The van der Waals surface area contributed by atoms with Gasteiger partial charge in [0.1, 0.15) is 12.3 Å². The summed E-state index contributed by atoms with van der Waals surface area (Å²) in [5.74, 6) is -0.104. The smallest absolute Gasteiger partial charge is 0.437 e. The van der Waals surface area contributed by atoms with Crippen LogP contribution in [0.15, 0.2) is 50.2 Å². The fourth-order valence-electron chi connectivity index (χ4n) is 3.27. The minimum Gasteiger partial charge on any atom is -0.469 e. The summed E-state index contributed by atoms with van der Waals surface area (Å²) in [6, 6.07) is 9.51. The fraction of sp³-hybridized carbons (Fsp3) is 0.278. The third-order valence-electron chi connectivity index (χ3n) is 4.46. The van der Waals surface area contributed by atoms with E-state index in [9.17, 15) is 9.59 Å². The summed E-state index contributed by atoms with van der Waals surface area (Å²) in [5.41, 5.74) is 2.62. The molecule has 1 aliphatic heterocycles. The molecule has 1 aliphatic rings. The van der Waals surface area contributed by atoms with Crippen LogP contribution in [-0.2, 0) is 17.8 Å². The highest BCUT2D eigenvalue weighted by atomic mass is 16.4. The van der Waals surface area contributed by atoms with Gasteiger partial charge in [0.05, 0.1) is 11.8 Å². The number of benzene rings is 1. The fourth-order valence-corrected chi connectivity index (χ4v) is 3.27. The number of nitrogens with zero attached hydrogens (tertiary/aromatic N) is 3. The molecule has 7 nitrogen and oxygen atoms in total. The molecule has 0 aliphatic carbocycles. The van der Waals surface area contributed by atoms with Gasteiger partial charge in [0.25, 0.3) is 5.89 Å². The van der Waals surface area contributed by atoms with E-state index in [1.165, 1.54) is 6.26 Å². The molecule has 0 bridgehead atoms. The van der Waals surface area contributed by atoms with Crippen molar-refractivity contribution < 1.29 is 13.6 Å². The van der Waals surface area contributed by atoms with Crippen molar-refractivity contribution in [1.82, 2.24) is 9.78 Å². The Labute approximate surface area is 143 Å². The second-order valence-electron chi connectivity index (χ2n) is 6.17. The molecule has 0 saturated carbocycles. The highest BCUT2D eigenvalue weighted by Crippen LogP contribution is 2.32. The van der Waals surface area contributed by atoms with Gasteiger partial charge in [-0.15, -0.1) is 5.10 Å². The Bertz CT molecular complexity index is 998. The van der Waals surface area contributed by atoms with Gasteiger partial charge in [0.15, 0.2) is 0 Å². The van der Waals surface area contributed by atoms with Crippen molar-refractivity contribution in [2.75, 3.05) is 4.90 Å². The number of amides is 1. The monoisotopic (exact) mass is 339 g/mol. The highest BCUT2D eigenvalue weighted by Gasteiger charge is 2.31. The van der Waals surface area contributed by atoms with Gasteiger partial charge < -0.3 is 13.7 Å². The molecule has 3 heterocycles. The Balaban J connectivity index is 1.61. The normalized spacial score (nSPS) is 16.2. The maximum Gasteiger partial charge on any atom is 0.437 e. The predicted molar refractivity (Wildman–Crippen MR) is 90.3 cm³/mol. The number of furan rings is 1. The summed E-state index contributed by atoms with van der Waals surface area (Å²) in [7, 11) is 0. The standard InChI is InChI=1S/C18H17N3O4/c1-11-9-13-5-3-4-6-15(13)21(11)16(22)10-20-18(23)25-17(19-20)14-7-8-24-12(14)2/h3-8,11H,9-10H2,1-2H3. The van der Waals surface area contributed by atoms with E-state index in [1.54, 1.807) is 17.9 Å². The zero-order chi connectivity index (χ0) is 17.6. The number of rotatable bonds is 3. The molecule has 3 aromatic rings. The Morgan fingerprint density at radius 3 is 2.88 bits per heavy atom. The third kappa shape index (κ3) is 2.57. The molecule has 0 fully saturated rings. The molecule has 0 spiro atoms. The largest absolute Gasteiger partial charge is 0.469 e. The van der Waals surface area contributed by atoms with Crippen LogP contribution in [0.3, 0.4) is 0 Å². The van der Waals surface area contributed by atoms with Crippen molar-refractivity contribution in [2.45, 2.75) is 32.9 Å². The average molecular weight is 339 g/mol. The van der Waals surface area contributed by atoms with Crippen molar-refractivity contribution in [3.63, 3.8) is 0 Å². The Kier molecular flexibility index (Phi) is 3.56. The van der Waals surface area contributed by atoms with E-state index in [0.717, 1.165) is 22.4 Å². The van der Waals surface area contributed by atoms with Crippen LogP contribution in [0.2, 0.25) is 0 Å². The lowest BCUT2D eigenvalue weighted by Gasteiger charge is -2.22. The molecule has 1 amide bonds. The van der Waals surface area contributed by atoms with E-state index in [2.05, 4.69) is 5.10 Å². The van der Waals surface area contributed by atoms with Crippen LogP contribution in [0, 0.1) is 6.92 Å². The molecular weight excluding hydrogens is 322 g/mol. The van der Waals surface area contributed by atoms with Crippen molar-refractivity contribution in [1.29, 1.82) is 0 Å². The number of anilines is 1. The topological polar surface area (TPSA) is 81.5 Å². The van der Waals surface area contributed by atoms with Crippen molar-refractivity contribution in [2.24, 2.45) is 0 Å². The van der Waals surface area contributed by atoms with Crippen LogP contribution in [0.4, 0.5) is 5.69 Å². The van der Waals surface area contributed by atoms with Crippen LogP contribution >= 0.6 is 0 Å². The van der Waals surface area contributed by atoms with E-state index in [-0.39, 0.29) is 24.4 Å². The van der Waals surface area contributed by atoms with Gasteiger partial charge in [-0.05, 0) is 38.0 Å². The highest BCUT2D eigenvalue weighted by molar-refractivity contribution is 5.96. The van der Waals surface area contributed by atoms with Gasteiger partial charge in [-0.1, -0.05) is 18.2 Å². The number of aromatic nitrogens is 2. The van der Waals surface area contributed by atoms with Crippen LogP contribution in [0.1, 0.15) is 18.2 Å². The van der Waals surface area contributed by atoms with Crippen LogP contribution < -0.4 is 10.7 Å². The van der Waals surface area contributed by atoms with Crippen molar-refractivity contribution >= 4 is 11.6 Å². The maximum absolute atomic E-state index is 12.8.